The highest BCUT2D eigenvalue weighted by molar-refractivity contribution is 4.69. The summed E-state index contributed by atoms with van der Waals surface area (Å²) in [7, 11) is 2.15. The Balaban J connectivity index is 3.16. The summed E-state index contributed by atoms with van der Waals surface area (Å²) in [5.74, 6) is 0. The Labute approximate surface area is 99.7 Å². The molecule has 90 valence electrons. The van der Waals surface area contributed by atoms with Crippen LogP contribution in [-0.4, -0.2) is 25.0 Å². The van der Waals surface area contributed by atoms with Gasteiger partial charge in [0.15, 0.2) is 0 Å². The van der Waals surface area contributed by atoms with Crippen molar-refractivity contribution in [2.45, 2.75) is 51.4 Å². The van der Waals surface area contributed by atoms with E-state index in [1.165, 1.54) is 12.8 Å². The molecule has 0 radical (unpaired) electrons. The van der Waals surface area contributed by atoms with E-state index < -0.39 is 0 Å². The lowest BCUT2D eigenvalue weighted by Crippen LogP contribution is -2.20. The topological polar surface area (TPSA) is 50.8 Å². The van der Waals surface area contributed by atoms with Crippen molar-refractivity contribution in [2.24, 2.45) is 0 Å². The molecule has 0 aliphatic rings. The van der Waals surface area contributed by atoms with Crippen molar-refractivity contribution >= 4 is 0 Å². The molecule has 0 aromatic carbocycles. The van der Waals surface area contributed by atoms with E-state index in [1.54, 1.807) is 0 Å². The third-order valence-corrected chi connectivity index (χ3v) is 2.66. The van der Waals surface area contributed by atoms with Crippen LogP contribution < -0.4 is 0 Å². The molecular weight excluding hydrogens is 198 g/mol. The van der Waals surface area contributed by atoms with E-state index in [0.29, 0.717) is 12.8 Å². The zero-order valence-corrected chi connectivity index (χ0v) is 10.4. The summed E-state index contributed by atoms with van der Waals surface area (Å²) in [6, 6.07) is 4.34. The Hall–Kier alpha value is -1.06. The SMILES string of the molecule is CN(CCCCCC#N)CCCCCC#N. The Morgan fingerprint density at radius 1 is 0.750 bits per heavy atom. The van der Waals surface area contributed by atoms with Crippen molar-refractivity contribution in [1.82, 2.24) is 4.90 Å². The van der Waals surface area contributed by atoms with Crippen LogP contribution in [0.15, 0.2) is 0 Å². The maximum absolute atomic E-state index is 8.38. The molecule has 0 heterocycles. The molecule has 3 heteroatoms. The summed E-state index contributed by atoms with van der Waals surface area (Å²) in [5, 5.41) is 16.8. The first-order valence-electron chi connectivity index (χ1n) is 6.23. The minimum Gasteiger partial charge on any atom is -0.306 e. The van der Waals surface area contributed by atoms with Crippen molar-refractivity contribution < 1.29 is 0 Å². The molecule has 0 aliphatic carbocycles. The standard InChI is InChI=1S/C13H23N3/c1-16(12-8-4-2-6-10-14)13-9-5-3-7-11-15/h2-9,12-13H2,1H3. The second-order valence-electron chi connectivity index (χ2n) is 4.24. The minimum absolute atomic E-state index is 0.692. The van der Waals surface area contributed by atoms with Crippen LogP contribution in [0.4, 0.5) is 0 Å². The van der Waals surface area contributed by atoms with Gasteiger partial charge in [-0.3, -0.25) is 0 Å². The average Bonchev–Trinajstić information content (AvgIpc) is 2.28. The summed E-state index contributed by atoms with van der Waals surface area (Å²) in [4.78, 5) is 2.35. The van der Waals surface area contributed by atoms with E-state index in [1.807, 2.05) is 0 Å². The molecule has 0 rings (SSSR count). The van der Waals surface area contributed by atoms with Gasteiger partial charge in [-0.1, -0.05) is 12.8 Å². The van der Waals surface area contributed by atoms with Crippen LogP contribution in [0.3, 0.4) is 0 Å². The summed E-state index contributed by atoms with van der Waals surface area (Å²) < 4.78 is 0. The Morgan fingerprint density at radius 3 is 1.56 bits per heavy atom. The number of nitriles is 2. The lowest BCUT2D eigenvalue weighted by molar-refractivity contribution is 0.316. The molecule has 0 amide bonds. The Morgan fingerprint density at radius 2 is 1.19 bits per heavy atom. The monoisotopic (exact) mass is 221 g/mol. The van der Waals surface area contributed by atoms with Gasteiger partial charge in [-0.2, -0.15) is 10.5 Å². The number of hydrogen-bond donors (Lipinski definition) is 0. The fraction of sp³-hybridized carbons (Fsp3) is 0.846. The normalized spacial score (nSPS) is 10.0. The van der Waals surface area contributed by atoms with Crippen molar-refractivity contribution in [1.29, 1.82) is 10.5 Å². The maximum atomic E-state index is 8.38. The maximum Gasteiger partial charge on any atom is 0.0621 e. The van der Waals surface area contributed by atoms with Crippen LogP contribution in [0.1, 0.15) is 51.4 Å². The number of nitrogens with zero attached hydrogens (tertiary/aromatic N) is 3. The van der Waals surface area contributed by atoms with Gasteiger partial charge in [0.05, 0.1) is 12.1 Å². The van der Waals surface area contributed by atoms with Gasteiger partial charge >= 0.3 is 0 Å². The molecule has 0 N–H and O–H groups in total. The second kappa shape index (κ2) is 12.0. The fourth-order valence-corrected chi connectivity index (χ4v) is 1.64. The van der Waals surface area contributed by atoms with Crippen LogP contribution >= 0.6 is 0 Å². The molecule has 0 spiro atoms. The third-order valence-electron chi connectivity index (χ3n) is 2.66. The largest absolute Gasteiger partial charge is 0.306 e. The summed E-state index contributed by atoms with van der Waals surface area (Å²) >= 11 is 0. The Bertz CT molecular complexity index is 200. The smallest absolute Gasteiger partial charge is 0.0621 e. The molecule has 0 aliphatic heterocycles. The highest BCUT2D eigenvalue weighted by Crippen LogP contribution is 2.03. The highest BCUT2D eigenvalue weighted by atomic mass is 15.1. The predicted octanol–water partition coefficient (Wildman–Crippen LogP) is 3.09. The molecule has 3 nitrogen and oxygen atoms in total. The van der Waals surface area contributed by atoms with Crippen LogP contribution in [0.2, 0.25) is 0 Å². The molecular formula is C13H23N3. The van der Waals surface area contributed by atoms with Crippen molar-refractivity contribution in [3.63, 3.8) is 0 Å². The second-order valence-corrected chi connectivity index (χ2v) is 4.24. The van der Waals surface area contributed by atoms with Gasteiger partial charge in [0, 0.05) is 12.8 Å². The number of rotatable bonds is 10. The van der Waals surface area contributed by atoms with E-state index in [4.69, 9.17) is 10.5 Å². The summed E-state index contributed by atoms with van der Waals surface area (Å²) in [5.41, 5.74) is 0. The van der Waals surface area contributed by atoms with Gasteiger partial charge in [0.25, 0.3) is 0 Å². The van der Waals surface area contributed by atoms with Crippen LogP contribution in [0.25, 0.3) is 0 Å². The summed E-state index contributed by atoms with van der Waals surface area (Å²) in [6.07, 6.45) is 8.15. The van der Waals surface area contributed by atoms with Crippen LogP contribution in [0.5, 0.6) is 0 Å². The molecule has 0 unspecified atom stereocenters. The predicted molar refractivity (Wildman–Crippen MR) is 65.7 cm³/mol. The first-order valence-corrected chi connectivity index (χ1v) is 6.23. The van der Waals surface area contributed by atoms with Crippen molar-refractivity contribution in [2.75, 3.05) is 20.1 Å². The van der Waals surface area contributed by atoms with Gasteiger partial charge in [0.1, 0.15) is 0 Å². The molecule has 0 atom stereocenters. The van der Waals surface area contributed by atoms with E-state index in [9.17, 15) is 0 Å². The lowest BCUT2D eigenvalue weighted by Gasteiger charge is -2.15. The molecule has 0 saturated heterocycles. The Kier molecular flexibility index (Phi) is 11.2. The van der Waals surface area contributed by atoms with E-state index >= 15 is 0 Å². The summed E-state index contributed by atoms with van der Waals surface area (Å²) in [6.45, 7) is 2.26. The van der Waals surface area contributed by atoms with Crippen molar-refractivity contribution in [3.8, 4) is 12.1 Å². The minimum atomic E-state index is 0.692. The molecule has 0 saturated carbocycles. The van der Waals surface area contributed by atoms with Crippen LogP contribution in [0, 0.1) is 22.7 Å². The third kappa shape index (κ3) is 11.0. The molecule has 16 heavy (non-hydrogen) atoms. The number of hydrogen-bond acceptors (Lipinski definition) is 3. The van der Waals surface area contributed by atoms with E-state index in [2.05, 4.69) is 24.1 Å². The first-order chi connectivity index (χ1) is 7.81. The molecule has 0 bridgehead atoms. The first kappa shape index (κ1) is 14.9. The highest BCUT2D eigenvalue weighted by Gasteiger charge is 1.98. The number of unbranched alkanes of at least 4 members (excludes halogenated alkanes) is 6. The van der Waals surface area contributed by atoms with Gasteiger partial charge < -0.3 is 4.90 Å². The lowest BCUT2D eigenvalue weighted by atomic mass is 10.2. The van der Waals surface area contributed by atoms with E-state index in [0.717, 1.165) is 38.8 Å². The molecule has 0 fully saturated rings. The van der Waals surface area contributed by atoms with Crippen LogP contribution in [-0.2, 0) is 0 Å². The van der Waals surface area contributed by atoms with Gasteiger partial charge in [-0.05, 0) is 45.8 Å². The zero-order valence-electron chi connectivity index (χ0n) is 10.4. The zero-order chi connectivity index (χ0) is 12.1. The van der Waals surface area contributed by atoms with E-state index in [-0.39, 0.29) is 0 Å². The quantitative estimate of drug-likeness (QED) is 0.533. The van der Waals surface area contributed by atoms with Gasteiger partial charge in [-0.15, -0.1) is 0 Å². The van der Waals surface area contributed by atoms with Gasteiger partial charge in [-0.25, -0.2) is 0 Å². The van der Waals surface area contributed by atoms with Gasteiger partial charge in [0.2, 0.25) is 0 Å². The van der Waals surface area contributed by atoms with Crippen molar-refractivity contribution in [3.05, 3.63) is 0 Å². The molecule has 0 aromatic heterocycles. The average molecular weight is 221 g/mol. The molecule has 0 aromatic rings. The fourth-order valence-electron chi connectivity index (χ4n) is 1.64.